The molecule has 0 aromatic rings. The van der Waals surface area contributed by atoms with E-state index in [0.29, 0.717) is 0 Å². The van der Waals surface area contributed by atoms with E-state index >= 15 is 0 Å². The molecule has 0 aromatic carbocycles. The number of carbonyl (C=O) groups excluding carboxylic acids is 2. The zero-order valence-corrected chi connectivity index (χ0v) is 10.4. The van der Waals surface area contributed by atoms with Crippen LogP contribution in [-0.4, -0.2) is 42.7 Å². The van der Waals surface area contributed by atoms with Gasteiger partial charge in [0.25, 0.3) is 0 Å². The van der Waals surface area contributed by atoms with E-state index < -0.39 is 42.5 Å². The maximum Gasteiger partial charge on any atom is 0.473 e. The molecule has 0 aliphatic heterocycles. The highest BCUT2D eigenvalue weighted by molar-refractivity contribution is 5.91. The van der Waals surface area contributed by atoms with Gasteiger partial charge < -0.3 is 9.47 Å². The molecule has 22 heavy (non-hydrogen) atoms. The summed E-state index contributed by atoms with van der Waals surface area (Å²) in [4.78, 5) is 21.4. The SMILES string of the molecule is CCOC(=O)CC(=O)OC(F)(F)C(F)(F)C(F)(F)C(F)(F)F. The number of alkyl halides is 9. The predicted molar refractivity (Wildman–Crippen MR) is 48.2 cm³/mol. The molecule has 0 fully saturated rings. The highest BCUT2D eigenvalue weighted by Crippen LogP contribution is 2.53. The normalized spacial score (nSPS) is 13.7. The third-order valence-corrected chi connectivity index (χ3v) is 1.95. The summed E-state index contributed by atoms with van der Waals surface area (Å²) in [6, 6.07) is 0. The third kappa shape index (κ3) is 3.94. The molecule has 0 bridgehead atoms. The lowest BCUT2D eigenvalue weighted by molar-refractivity contribution is -0.435. The Morgan fingerprint density at radius 3 is 1.64 bits per heavy atom. The van der Waals surface area contributed by atoms with Crippen molar-refractivity contribution in [3.8, 4) is 0 Å². The fourth-order valence-electron chi connectivity index (χ4n) is 0.934. The second kappa shape index (κ2) is 6.20. The largest absolute Gasteiger partial charge is 0.473 e. The van der Waals surface area contributed by atoms with Crippen molar-refractivity contribution in [3.05, 3.63) is 0 Å². The Morgan fingerprint density at radius 1 is 0.818 bits per heavy atom. The van der Waals surface area contributed by atoms with Crippen LogP contribution >= 0.6 is 0 Å². The smallest absolute Gasteiger partial charge is 0.466 e. The minimum absolute atomic E-state index is 0.342. The van der Waals surface area contributed by atoms with Crippen LogP contribution < -0.4 is 0 Å². The Hall–Kier alpha value is -1.69. The summed E-state index contributed by atoms with van der Waals surface area (Å²) in [5, 5.41) is 0. The Balaban J connectivity index is 5.22. The van der Waals surface area contributed by atoms with Crippen molar-refractivity contribution >= 4 is 11.9 Å². The molecule has 0 heterocycles. The second-order valence-corrected chi connectivity index (χ2v) is 3.62. The summed E-state index contributed by atoms with van der Waals surface area (Å²) in [6.45, 7) is 0.876. The first-order valence-electron chi connectivity index (χ1n) is 5.17. The molecule has 0 unspecified atom stereocenters. The molecule has 0 spiro atoms. The maximum absolute atomic E-state index is 12.8. The molecule has 13 heteroatoms. The van der Waals surface area contributed by atoms with E-state index in [1.165, 1.54) is 6.92 Å². The van der Waals surface area contributed by atoms with Crippen molar-refractivity contribution in [2.75, 3.05) is 6.61 Å². The molecule has 0 radical (unpaired) electrons. The van der Waals surface area contributed by atoms with E-state index in [4.69, 9.17) is 0 Å². The van der Waals surface area contributed by atoms with Gasteiger partial charge in [-0.05, 0) is 6.92 Å². The van der Waals surface area contributed by atoms with Crippen molar-refractivity contribution < 1.29 is 58.6 Å². The van der Waals surface area contributed by atoms with Gasteiger partial charge in [-0.25, -0.2) is 0 Å². The molecule has 0 amide bonds. The van der Waals surface area contributed by atoms with Crippen LogP contribution in [0.4, 0.5) is 39.5 Å². The molecule has 0 aromatic heterocycles. The van der Waals surface area contributed by atoms with Crippen molar-refractivity contribution in [2.45, 2.75) is 37.5 Å². The summed E-state index contributed by atoms with van der Waals surface area (Å²) in [5.74, 6) is -18.3. The lowest BCUT2D eigenvalue weighted by Gasteiger charge is -2.32. The first-order chi connectivity index (χ1) is 9.60. The van der Waals surface area contributed by atoms with E-state index in [2.05, 4.69) is 9.47 Å². The van der Waals surface area contributed by atoms with Crippen molar-refractivity contribution in [1.29, 1.82) is 0 Å². The van der Waals surface area contributed by atoms with E-state index in [9.17, 15) is 49.1 Å². The molecule has 0 saturated heterocycles. The molecular formula is C9H7F9O4. The van der Waals surface area contributed by atoms with Crippen molar-refractivity contribution in [3.63, 3.8) is 0 Å². The molecule has 0 rings (SSSR count). The molecule has 130 valence electrons. The van der Waals surface area contributed by atoms with Gasteiger partial charge in [0.05, 0.1) is 6.61 Å². The Kier molecular flexibility index (Phi) is 5.72. The minimum atomic E-state index is -7.19. The number of hydrogen-bond donors (Lipinski definition) is 0. The number of ether oxygens (including phenoxy) is 2. The molecular weight excluding hydrogens is 343 g/mol. The molecule has 0 aliphatic rings. The highest BCUT2D eigenvalue weighted by Gasteiger charge is 2.83. The van der Waals surface area contributed by atoms with Gasteiger partial charge in [-0.3, -0.25) is 9.59 Å². The molecule has 0 atom stereocenters. The van der Waals surface area contributed by atoms with Crippen LogP contribution in [0.25, 0.3) is 0 Å². The van der Waals surface area contributed by atoms with Gasteiger partial charge in [0, 0.05) is 0 Å². The summed E-state index contributed by atoms with van der Waals surface area (Å²) < 4.78 is 118. The Labute approximate surface area is 116 Å². The summed E-state index contributed by atoms with van der Waals surface area (Å²) in [6.07, 6.45) is -15.2. The van der Waals surface area contributed by atoms with Crippen LogP contribution in [0.15, 0.2) is 0 Å². The van der Waals surface area contributed by atoms with Gasteiger partial charge in [0.15, 0.2) is 0 Å². The van der Waals surface area contributed by atoms with Crippen molar-refractivity contribution in [1.82, 2.24) is 0 Å². The summed E-state index contributed by atoms with van der Waals surface area (Å²) in [5.41, 5.74) is 0. The minimum Gasteiger partial charge on any atom is -0.466 e. The molecule has 0 aliphatic carbocycles. The second-order valence-electron chi connectivity index (χ2n) is 3.62. The Morgan fingerprint density at radius 2 is 1.27 bits per heavy atom. The average Bonchev–Trinajstić information content (AvgIpc) is 2.25. The van der Waals surface area contributed by atoms with Crippen LogP contribution in [0.3, 0.4) is 0 Å². The first kappa shape index (κ1) is 20.3. The fourth-order valence-corrected chi connectivity index (χ4v) is 0.934. The third-order valence-electron chi connectivity index (χ3n) is 1.95. The van der Waals surface area contributed by atoms with Crippen LogP contribution in [-0.2, 0) is 19.1 Å². The zero-order chi connectivity index (χ0) is 18.0. The van der Waals surface area contributed by atoms with Gasteiger partial charge in [-0.15, -0.1) is 0 Å². The van der Waals surface area contributed by atoms with Crippen LogP contribution in [0.2, 0.25) is 0 Å². The van der Waals surface area contributed by atoms with Crippen LogP contribution in [0, 0.1) is 0 Å². The number of esters is 2. The first-order valence-corrected chi connectivity index (χ1v) is 5.17. The lowest BCUT2D eigenvalue weighted by Crippen LogP contribution is -2.62. The van der Waals surface area contributed by atoms with Gasteiger partial charge in [0.2, 0.25) is 0 Å². The van der Waals surface area contributed by atoms with Gasteiger partial charge in [0.1, 0.15) is 6.42 Å². The topological polar surface area (TPSA) is 52.6 Å². The van der Waals surface area contributed by atoms with E-state index in [1.807, 2.05) is 0 Å². The average molecular weight is 350 g/mol. The zero-order valence-electron chi connectivity index (χ0n) is 10.4. The number of rotatable bonds is 6. The van der Waals surface area contributed by atoms with Crippen LogP contribution in [0.1, 0.15) is 13.3 Å². The molecule has 4 nitrogen and oxygen atoms in total. The van der Waals surface area contributed by atoms with E-state index in [-0.39, 0.29) is 6.61 Å². The van der Waals surface area contributed by atoms with Crippen LogP contribution in [0.5, 0.6) is 0 Å². The number of carbonyl (C=O) groups is 2. The molecule has 0 saturated carbocycles. The monoisotopic (exact) mass is 350 g/mol. The summed E-state index contributed by atoms with van der Waals surface area (Å²) in [7, 11) is 0. The highest BCUT2D eigenvalue weighted by atomic mass is 19.4. The Bertz CT molecular complexity index is 429. The van der Waals surface area contributed by atoms with E-state index in [1.54, 1.807) is 0 Å². The number of hydrogen-bond acceptors (Lipinski definition) is 4. The summed E-state index contributed by atoms with van der Waals surface area (Å²) >= 11 is 0. The van der Waals surface area contributed by atoms with E-state index in [0.717, 1.165) is 0 Å². The quantitative estimate of drug-likeness (QED) is 0.420. The number of halogens is 9. The molecule has 0 N–H and O–H groups in total. The van der Waals surface area contributed by atoms with Crippen molar-refractivity contribution in [2.24, 2.45) is 0 Å². The van der Waals surface area contributed by atoms with Gasteiger partial charge in [-0.2, -0.15) is 39.5 Å². The predicted octanol–water partition coefficient (Wildman–Crippen LogP) is 2.91. The van der Waals surface area contributed by atoms with Gasteiger partial charge in [-0.1, -0.05) is 0 Å². The standard InChI is InChI=1S/C9H7F9O4/c1-2-21-4(19)3-5(20)22-9(17,18)7(12,13)6(10,11)8(14,15)16/h2-3H2,1H3. The van der Waals surface area contributed by atoms with Gasteiger partial charge >= 0.3 is 36.1 Å². The lowest BCUT2D eigenvalue weighted by atomic mass is 10.1. The maximum atomic E-state index is 12.8. The fraction of sp³-hybridized carbons (Fsp3) is 0.778.